The van der Waals surface area contributed by atoms with E-state index < -0.39 is 21.9 Å². The summed E-state index contributed by atoms with van der Waals surface area (Å²) in [5.74, 6) is -0.885. The number of amides is 1. The molecule has 0 radical (unpaired) electrons. The standard InChI is InChI=1S/C18H20N2O5S/c1-3-25-18(22)13-8-10-15(11-9-13)19-17(21)14-6-5-7-16(12-14)20-26(23,24)4-2/h5-12,20H,3-4H2,1-2H3,(H,19,21). The quantitative estimate of drug-likeness (QED) is 0.724. The molecule has 138 valence electrons. The highest BCUT2D eigenvalue weighted by Crippen LogP contribution is 2.16. The average Bonchev–Trinajstić information content (AvgIpc) is 2.62. The molecular weight excluding hydrogens is 356 g/mol. The van der Waals surface area contributed by atoms with Gasteiger partial charge in [0.2, 0.25) is 10.0 Å². The van der Waals surface area contributed by atoms with Crippen LogP contribution in [0.4, 0.5) is 11.4 Å². The van der Waals surface area contributed by atoms with Gasteiger partial charge >= 0.3 is 5.97 Å². The van der Waals surface area contributed by atoms with Gasteiger partial charge in [0.15, 0.2) is 0 Å². The van der Waals surface area contributed by atoms with Gasteiger partial charge in [0.1, 0.15) is 0 Å². The van der Waals surface area contributed by atoms with Crippen LogP contribution < -0.4 is 10.0 Å². The number of carbonyl (C=O) groups is 2. The van der Waals surface area contributed by atoms with Crippen LogP contribution in [0.25, 0.3) is 0 Å². The van der Waals surface area contributed by atoms with Crippen molar-refractivity contribution in [2.24, 2.45) is 0 Å². The number of hydrogen-bond acceptors (Lipinski definition) is 5. The summed E-state index contributed by atoms with van der Waals surface area (Å²) in [6.07, 6.45) is 0. The van der Waals surface area contributed by atoms with E-state index >= 15 is 0 Å². The van der Waals surface area contributed by atoms with Crippen molar-refractivity contribution in [2.75, 3.05) is 22.4 Å². The Bertz CT molecular complexity index is 892. The molecule has 0 aliphatic carbocycles. The number of hydrogen-bond donors (Lipinski definition) is 2. The second-order valence-electron chi connectivity index (χ2n) is 5.34. The molecule has 7 nitrogen and oxygen atoms in total. The fourth-order valence-corrected chi connectivity index (χ4v) is 2.71. The molecule has 2 rings (SSSR count). The molecule has 0 fully saturated rings. The van der Waals surface area contributed by atoms with Crippen molar-refractivity contribution in [3.8, 4) is 0 Å². The van der Waals surface area contributed by atoms with E-state index in [2.05, 4.69) is 10.0 Å². The maximum absolute atomic E-state index is 12.3. The maximum atomic E-state index is 12.3. The van der Waals surface area contributed by atoms with Crippen LogP contribution in [0.3, 0.4) is 0 Å². The predicted octanol–water partition coefficient (Wildman–Crippen LogP) is 2.88. The van der Waals surface area contributed by atoms with Crippen LogP contribution in [-0.4, -0.2) is 32.7 Å². The minimum Gasteiger partial charge on any atom is -0.462 e. The van der Waals surface area contributed by atoms with Gasteiger partial charge in [-0.05, 0) is 56.3 Å². The van der Waals surface area contributed by atoms with E-state index in [4.69, 9.17) is 4.74 Å². The molecule has 0 atom stereocenters. The number of rotatable bonds is 7. The Morgan fingerprint density at radius 3 is 2.27 bits per heavy atom. The summed E-state index contributed by atoms with van der Waals surface area (Å²) >= 11 is 0. The molecule has 0 saturated heterocycles. The van der Waals surface area contributed by atoms with E-state index in [1.807, 2.05) is 0 Å². The van der Waals surface area contributed by atoms with Crippen LogP contribution in [0.1, 0.15) is 34.6 Å². The van der Waals surface area contributed by atoms with Gasteiger partial charge in [-0.2, -0.15) is 0 Å². The molecule has 0 heterocycles. The summed E-state index contributed by atoms with van der Waals surface area (Å²) in [4.78, 5) is 24.0. The Labute approximate surface area is 152 Å². The van der Waals surface area contributed by atoms with Crippen LogP contribution in [0.5, 0.6) is 0 Å². The molecule has 8 heteroatoms. The summed E-state index contributed by atoms with van der Waals surface area (Å²) in [6, 6.07) is 12.5. The Morgan fingerprint density at radius 1 is 0.962 bits per heavy atom. The van der Waals surface area contributed by atoms with Gasteiger partial charge in [-0.3, -0.25) is 9.52 Å². The van der Waals surface area contributed by atoms with Crippen LogP contribution in [-0.2, 0) is 14.8 Å². The SMILES string of the molecule is CCOC(=O)c1ccc(NC(=O)c2cccc(NS(=O)(=O)CC)c2)cc1. The van der Waals surface area contributed by atoms with Crippen molar-refractivity contribution < 1.29 is 22.7 Å². The lowest BCUT2D eigenvalue weighted by molar-refractivity contribution is 0.0526. The van der Waals surface area contributed by atoms with Gasteiger partial charge < -0.3 is 10.1 Å². The second-order valence-corrected chi connectivity index (χ2v) is 7.35. The van der Waals surface area contributed by atoms with E-state index in [0.717, 1.165) is 0 Å². The van der Waals surface area contributed by atoms with Crippen molar-refractivity contribution in [1.82, 2.24) is 0 Å². The van der Waals surface area contributed by atoms with Gasteiger partial charge in [-0.1, -0.05) is 6.07 Å². The molecule has 2 aromatic carbocycles. The first kappa shape index (κ1) is 19.5. The van der Waals surface area contributed by atoms with Gasteiger partial charge in [0, 0.05) is 16.9 Å². The van der Waals surface area contributed by atoms with Crippen LogP contribution >= 0.6 is 0 Å². The van der Waals surface area contributed by atoms with Crippen molar-refractivity contribution in [2.45, 2.75) is 13.8 Å². The summed E-state index contributed by atoms with van der Waals surface area (Å²) in [5.41, 5.74) is 1.51. The maximum Gasteiger partial charge on any atom is 0.338 e. The molecule has 2 N–H and O–H groups in total. The lowest BCUT2D eigenvalue weighted by atomic mass is 10.1. The van der Waals surface area contributed by atoms with E-state index in [9.17, 15) is 18.0 Å². The summed E-state index contributed by atoms with van der Waals surface area (Å²) in [6.45, 7) is 3.54. The third-order valence-electron chi connectivity index (χ3n) is 3.43. The average molecular weight is 376 g/mol. The molecular formula is C18H20N2O5S. The zero-order valence-electron chi connectivity index (χ0n) is 14.5. The van der Waals surface area contributed by atoms with Crippen LogP contribution in [0.15, 0.2) is 48.5 Å². The first-order valence-corrected chi connectivity index (χ1v) is 9.69. The zero-order valence-corrected chi connectivity index (χ0v) is 15.3. The van der Waals surface area contributed by atoms with E-state index in [-0.39, 0.29) is 12.4 Å². The first-order valence-electron chi connectivity index (χ1n) is 8.03. The largest absolute Gasteiger partial charge is 0.462 e. The first-order chi connectivity index (χ1) is 12.3. The van der Waals surface area contributed by atoms with Crippen molar-refractivity contribution in [3.05, 3.63) is 59.7 Å². The topological polar surface area (TPSA) is 102 Å². The molecule has 2 aromatic rings. The fraction of sp³-hybridized carbons (Fsp3) is 0.222. The number of benzene rings is 2. The van der Waals surface area contributed by atoms with Crippen LogP contribution in [0, 0.1) is 0 Å². The Kier molecular flexibility index (Phi) is 6.35. The minimum atomic E-state index is -3.42. The monoisotopic (exact) mass is 376 g/mol. The molecule has 0 aliphatic heterocycles. The summed E-state index contributed by atoms with van der Waals surface area (Å²) in [5, 5.41) is 2.69. The van der Waals surface area contributed by atoms with Crippen molar-refractivity contribution in [3.63, 3.8) is 0 Å². The molecule has 0 saturated carbocycles. The molecule has 0 aliphatic rings. The number of carbonyl (C=O) groups excluding carboxylic acids is 2. The van der Waals surface area contributed by atoms with E-state index in [0.29, 0.717) is 22.5 Å². The number of esters is 1. The Balaban J connectivity index is 2.09. The van der Waals surface area contributed by atoms with E-state index in [1.54, 1.807) is 49.4 Å². The number of ether oxygens (including phenoxy) is 1. The molecule has 0 unspecified atom stereocenters. The van der Waals surface area contributed by atoms with Crippen molar-refractivity contribution >= 4 is 33.3 Å². The van der Waals surface area contributed by atoms with Crippen molar-refractivity contribution in [1.29, 1.82) is 0 Å². The molecule has 26 heavy (non-hydrogen) atoms. The van der Waals surface area contributed by atoms with Gasteiger partial charge in [-0.15, -0.1) is 0 Å². The fourth-order valence-electron chi connectivity index (χ4n) is 2.08. The second kappa shape index (κ2) is 8.48. The van der Waals surface area contributed by atoms with Gasteiger partial charge in [-0.25, -0.2) is 13.2 Å². The molecule has 1 amide bonds. The third-order valence-corrected chi connectivity index (χ3v) is 4.74. The molecule has 0 spiro atoms. The number of sulfonamides is 1. The zero-order chi connectivity index (χ0) is 19.2. The lowest BCUT2D eigenvalue weighted by Gasteiger charge is -2.09. The number of nitrogens with one attached hydrogen (secondary N) is 2. The predicted molar refractivity (Wildman–Crippen MR) is 99.9 cm³/mol. The van der Waals surface area contributed by atoms with E-state index in [1.165, 1.54) is 13.0 Å². The lowest BCUT2D eigenvalue weighted by Crippen LogP contribution is -2.16. The van der Waals surface area contributed by atoms with Gasteiger partial charge in [0.25, 0.3) is 5.91 Å². The summed E-state index contributed by atoms with van der Waals surface area (Å²) in [7, 11) is -3.42. The van der Waals surface area contributed by atoms with Crippen LogP contribution in [0.2, 0.25) is 0 Å². The highest BCUT2D eigenvalue weighted by atomic mass is 32.2. The molecule has 0 aromatic heterocycles. The summed E-state index contributed by atoms with van der Waals surface area (Å²) < 4.78 is 30.5. The highest BCUT2D eigenvalue weighted by molar-refractivity contribution is 7.92. The third kappa shape index (κ3) is 5.32. The normalized spacial score (nSPS) is 10.8. The molecule has 0 bridgehead atoms. The minimum absolute atomic E-state index is 0.0593. The number of anilines is 2. The Hall–Kier alpha value is -2.87. The smallest absolute Gasteiger partial charge is 0.338 e. The van der Waals surface area contributed by atoms with Gasteiger partial charge in [0.05, 0.1) is 17.9 Å². The Morgan fingerprint density at radius 2 is 1.65 bits per heavy atom. The highest BCUT2D eigenvalue weighted by Gasteiger charge is 2.11.